The number of aromatic carboxylic acids is 1. The number of hydrogen-bond acceptors (Lipinski definition) is 3. The number of pyridine rings is 1. The van der Waals surface area contributed by atoms with Gasteiger partial charge in [-0.25, -0.2) is 13.6 Å². The van der Waals surface area contributed by atoms with Crippen molar-refractivity contribution >= 4 is 17.6 Å². The topological polar surface area (TPSA) is 59.4 Å². The first-order chi connectivity index (χ1) is 6.99. The fraction of sp³-hybridized carbons (Fsp3) is 0.250. The standard InChI is InChI=1S/C8H6ClF2NO3/c1-15-6-4(9)3(8(13)14)2-12-5(6)7(10)11/h2,7H,1H3,(H,13,14). The molecule has 1 aromatic rings. The van der Waals surface area contributed by atoms with Crippen LogP contribution < -0.4 is 4.74 Å². The molecule has 0 unspecified atom stereocenters. The molecule has 0 saturated heterocycles. The molecule has 0 fully saturated rings. The Bertz CT molecular complexity index is 398. The van der Waals surface area contributed by atoms with Gasteiger partial charge >= 0.3 is 5.97 Å². The normalized spacial score (nSPS) is 10.5. The fourth-order valence-corrected chi connectivity index (χ4v) is 1.29. The van der Waals surface area contributed by atoms with E-state index in [1.54, 1.807) is 0 Å². The highest BCUT2D eigenvalue weighted by atomic mass is 35.5. The van der Waals surface area contributed by atoms with Gasteiger partial charge in [0.1, 0.15) is 16.3 Å². The van der Waals surface area contributed by atoms with Gasteiger partial charge in [-0.05, 0) is 0 Å². The summed E-state index contributed by atoms with van der Waals surface area (Å²) in [6, 6.07) is 0. The minimum absolute atomic E-state index is 0.377. The van der Waals surface area contributed by atoms with Crippen LogP contribution in [-0.2, 0) is 0 Å². The van der Waals surface area contributed by atoms with Gasteiger partial charge < -0.3 is 9.84 Å². The molecule has 1 aromatic heterocycles. The Morgan fingerprint density at radius 3 is 2.67 bits per heavy atom. The van der Waals surface area contributed by atoms with E-state index in [1.165, 1.54) is 0 Å². The van der Waals surface area contributed by atoms with Crippen molar-refractivity contribution in [1.82, 2.24) is 4.98 Å². The van der Waals surface area contributed by atoms with Gasteiger partial charge in [0.2, 0.25) is 0 Å². The maximum atomic E-state index is 12.4. The van der Waals surface area contributed by atoms with E-state index in [0.29, 0.717) is 0 Å². The summed E-state index contributed by atoms with van der Waals surface area (Å²) in [5.41, 5.74) is -1.05. The maximum Gasteiger partial charge on any atom is 0.338 e. The fourth-order valence-electron chi connectivity index (χ4n) is 0.983. The molecule has 4 nitrogen and oxygen atoms in total. The van der Waals surface area contributed by atoms with Crippen molar-refractivity contribution in [3.8, 4) is 5.75 Å². The van der Waals surface area contributed by atoms with Gasteiger partial charge in [0.25, 0.3) is 6.43 Å². The lowest BCUT2D eigenvalue weighted by Gasteiger charge is -2.09. The highest BCUT2D eigenvalue weighted by molar-refractivity contribution is 6.35. The van der Waals surface area contributed by atoms with Gasteiger partial charge in [-0.2, -0.15) is 0 Å². The molecular weight excluding hydrogens is 232 g/mol. The minimum atomic E-state index is -2.87. The Kier molecular flexibility index (Phi) is 3.41. The Morgan fingerprint density at radius 1 is 1.67 bits per heavy atom. The van der Waals surface area contributed by atoms with Gasteiger partial charge in [-0.3, -0.25) is 4.98 Å². The van der Waals surface area contributed by atoms with Crippen LogP contribution in [0.3, 0.4) is 0 Å². The number of rotatable bonds is 3. The van der Waals surface area contributed by atoms with E-state index in [-0.39, 0.29) is 10.6 Å². The number of halogens is 3. The van der Waals surface area contributed by atoms with E-state index >= 15 is 0 Å². The molecule has 0 aliphatic carbocycles. The molecule has 0 bridgehead atoms. The van der Waals surface area contributed by atoms with Crippen LogP contribution in [0, 0.1) is 0 Å². The Hall–Kier alpha value is -1.43. The second-order valence-corrected chi connectivity index (χ2v) is 2.89. The van der Waals surface area contributed by atoms with E-state index < -0.39 is 23.8 Å². The lowest BCUT2D eigenvalue weighted by molar-refractivity contribution is 0.0695. The monoisotopic (exact) mass is 237 g/mol. The number of methoxy groups -OCH3 is 1. The van der Waals surface area contributed by atoms with Crippen molar-refractivity contribution < 1.29 is 23.4 Å². The molecule has 0 aliphatic heterocycles. The predicted molar refractivity (Wildman–Crippen MR) is 47.7 cm³/mol. The van der Waals surface area contributed by atoms with Crippen LogP contribution in [-0.4, -0.2) is 23.2 Å². The van der Waals surface area contributed by atoms with Gasteiger partial charge in [0, 0.05) is 6.20 Å². The largest absolute Gasteiger partial charge is 0.493 e. The summed E-state index contributed by atoms with van der Waals surface area (Å²) >= 11 is 5.57. The Labute approximate surface area is 88.4 Å². The summed E-state index contributed by atoms with van der Waals surface area (Å²) in [5.74, 6) is -1.77. The van der Waals surface area contributed by atoms with Crippen LogP contribution in [0.15, 0.2) is 6.20 Å². The van der Waals surface area contributed by atoms with Crippen LogP contribution in [0.1, 0.15) is 22.5 Å². The average Bonchev–Trinajstić information content (AvgIpc) is 2.16. The summed E-state index contributed by atoms with van der Waals surface area (Å²) in [5, 5.41) is 8.27. The Morgan fingerprint density at radius 2 is 2.27 bits per heavy atom. The third kappa shape index (κ3) is 2.15. The molecule has 0 radical (unpaired) electrons. The van der Waals surface area contributed by atoms with Crippen molar-refractivity contribution in [3.63, 3.8) is 0 Å². The molecule has 0 aromatic carbocycles. The first-order valence-electron chi connectivity index (χ1n) is 3.72. The third-order valence-corrected chi connectivity index (χ3v) is 2.02. The molecule has 0 aliphatic rings. The zero-order valence-corrected chi connectivity index (χ0v) is 8.26. The van der Waals surface area contributed by atoms with Gasteiger partial charge in [0.05, 0.1) is 7.11 Å². The number of carboxylic acids is 1. The first kappa shape index (κ1) is 11.6. The summed E-state index contributed by atoms with van der Waals surface area (Å²) in [6.45, 7) is 0. The molecule has 1 N–H and O–H groups in total. The van der Waals surface area contributed by atoms with E-state index in [0.717, 1.165) is 13.3 Å². The highest BCUT2D eigenvalue weighted by Crippen LogP contribution is 2.35. The molecule has 0 atom stereocenters. The number of hydrogen-bond donors (Lipinski definition) is 1. The van der Waals surface area contributed by atoms with Crippen molar-refractivity contribution in [2.45, 2.75) is 6.43 Å². The van der Waals surface area contributed by atoms with E-state index in [2.05, 4.69) is 9.72 Å². The second-order valence-electron chi connectivity index (χ2n) is 2.51. The Balaban J connectivity index is 3.39. The molecule has 1 heterocycles. The summed E-state index contributed by atoms with van der Waals surface area (Å²) in [7, 11) is 1.11. The smallest absolute Gasteiger partial charge is 0.338 e. The first-order valence-corrected chi connectivity index (χ1v) is 4.10. The summed E-state index contributed by atoms with van der Waals surface area (Å²) < 4.78 is 29.3. The SMILES string of the molecule is COc1c(C(F)F)ncc(C(=O)O)c1Cl. The third-order valence-electron chi connectivity index (χ3n) is 1.64. The van der Waals surface area contributed by atoms with Crippen molar-refractivity contribution in [3.05, 3.63) is 22.5 Å². The molecule has 1 rings (SSSR count). The van der Waals surface area contributed by atoms with Crippen molar-refractivity contribution in [1.29, 1.82) is 0 Å². The zero-order valence-electron chi connectivity index (χ0n) is 7.50. The van der Waals surface area contributed by atoms with Crippen LogP contribution in [0.25, 0.3) is 0 Å². The molecule has 0 amide bonds. The van der Waals surface area contributed by atoms with Crippen LogP contribution in [0.2, 0.25) is 5.02 Å². The van der Waals surface area contributed by atoms with Gasteiger partial charge in [-0.15, -0.1) is 0 Å². The van der Waals surface area contributed by atoms with Gasteiger partial charge in [0.15, 0.2) is 5.75 Å². The van der Waals surface area contributed by atoms with Crippen LogP contribution in [0.5, 0.6) is 5.75 Å². The molecule has 82 valence electrons. The van der Waals surface area contributed by atoms with E-state index in [4.69, 9.17) is 16.7 Å². The van der Waals surface area contributed by atoms with E-state index in [1.807, 2.05) is 0 Å². The zero-order chi connectivity index (χ0) is 11.6. The molecule has 0 saturated carbocycles. The minimum Gasteiger partial charge on any atom is -0.493 e. The summed E-state index contributed by atoms with van der Waals surface area (Å²) in [4.78, 5) is 13.9. The lowest BCUT2D eigenvalue weighted by Crippen LogP contribution is -2.04. The molecule has 0 spiro atoms. The molecule has 7 heteroatoms. The molecule has 15 heavy (non-hydrogen) atoms. The maximum absolute atomic E-state index is 12.4. The predicted octanol–water partition coefficient (Wildman–Crippen LogP) is 2.38. The lowest BCUT2D eigenvalue weighted by atomic mass is 10.2. The number of aromatic nitrogens is 1. The summed E-state index contributed by atoms with van der Waals surface area (Å²) in [6.07, 6.45) is -2.10. The number of alkyl halides is 2. The molecular formula is C8H6ClF2NO3. The van der Waals surface area contributed by atoms with Crippen molar-refractivity contribution in [2.75, 3.05) is 7.11 Å². The average molecular weight is 238 g/mol. The number of carboxylic acid groups (broad SMARTS) is 1. The quantitative estimate of drug-likeness (QED) is 0.877. The second kappa shape index (κ2) is 4.39. The van der Waals surface area contributed by atoms with Gasteiger partial charge in [-0.1, -0.05) is 11.6 Å². The van der Waals surface area contributed by atoms with E-state index in [9.17, 15) is 13.6 Å². The number of carbonyl (C=O) groups is 1. The van der Waals surface area contributed by atoms with Crippen LogP contribution in [0.4, 0.5) is 8.78 Å². The number of nitrogens with zero attached hydrogens (tertiary/aromatic N) is 1. The van der Waals surface area contributed by atoms with Crippen LogP contribution >= 0.6 is 11.6 Å². The van der Waals surface area contributed by atoms with Crippen molar-refractivity contribution in [2.24, 2.45) is 0 Å². The number of ether oxygens (including phenoxy) is 1. The highest BCUT2D eigenvalue weighted by Gasteiger charge is 2.23.